The fourth-order valence-electron chi connectivity index (χ4n) is 2.58. The molecule has 0 spiro atoms. The van der Waals surface area contributed by atoms with Crippen molar-refractivity contribution >= 4 is 5.97 Å². The van der Waals surface area contributed by atoms with Crippen LogP contribution in [-0.4, -0.2) is 41.2 Å². The summed E-state index contributed by atoms with van der Waals surface area (Å²) in [6, 6.07) is 10.7. The zero-order chi connectivity index (χ0) is 17.5. The monoisotopic (exact) mass is 328 g/mol. The highest BCUT2D eigenvalue weighted by atomic mass is 16.5. The number of carboxylic acid groups (broad SMARTS) is 1. The Labute approximate surface area is 142 Å². The summed E-state index contributed by atoms with van der Waals surface area (Å²) in [7, 11) is 2.07. The number of aromatic carboxylic acids is 1. The van der Waals surface area contributed by atoms with Crippen molar-refractivity contribution < 1.29 is 14.6 Å². The third kappa shape index (κ3) is 5.66. The van der Waals surface area contributed by atoms with Crippen molar-refractivity contribution in [3.8, 4) is 5.75 Å². The number of aryl methyl sites for hydroxylation is 2. The SMILES string of the molecule is Cc1cc(C)nc(CN(C)CCCOc2ccc(C(=O)O)cc2)c1. The van der Waals surface area contributed by atoms with Crippen LogP contribution in [0.5, 0.6) is 5.75 Å². The molecule has 1 aromatic heterocycles. The van der Waals surface area contributed by atoms with Gasteiger partial charge in [-0.1, -0.05) is 0 Å². The molecule has 1 aromatic carbocycles. The Bertz CT molecular complexity index is 663. The van der Waals surface area contributed by atoms with E-state index in [9.17, 15) is 4.79 Å². The largest absolute Gasteiger partial charge is 0.494 e. The molecule has 24 heavy (non-hydrogen) atoms. The number of pyridine rings is 1. The molecule has 0 radical (unpaired) electrons. The van der Waals surface area contributed by atoms with Gasteiger partial charge in [0.15, 0.2) is 0 Å². The molecule has 5 nitrogen and oxygen atoms in total. The summed E-state index contributed by atoms with van der Waals surface area (Å²) in [5.74, 6) is -0.234. The van der Waals surface area contributed by atoms with Crippen LogP contribution in [0.1, 0.15) is 33.7 Å². The standard InChI is InChI=1S/C19H24N2O3/c1-14-11-15(2)20-17(12-14)13-21(3)9-4-10-24-18-7-5-16(6-8-18)19(22)23/h5-8,11-12H,4,9-10,13H2,1-3H3,(H,22,23). The Kier molecular flexibility index (Phi) is 6.32. The number of hydrogen-bond donors (Lipinski definition) is 1. The minimum Gasteiger partial charge on any atom is -0.494 e. The molecule has 128 valence electrons. The first-order valence-corrected chi connectivity index (χ1v) is 8.03. The van der Waals surface area contributed by atoms with E-state index >= 15 is 0 Å². The van der Waals surface area contributed by atoms with Gasteiger partial charge in [-0.05, 0) is 69.3 Å². The van der Waals surface area contributed by atoms with Crippen molar-refractivity contribution in [2.24, 2.45) is 0 Å². The van der Waals surface area contributed by atoms with Crippen LogP contribution in [-0.2, 0) is 6.54 Å². The first kappa shape index (κ1) is 17.9. The number of aromatic nitrogens is 1. The lowest BCUT2D eigenvalue weighted by Crippen LogP contribution is -2.21. The molecule has 1 N–H and O–H groups in total. The maximum Gasteiger partial charge on any atom is 0.335 e. The number of carboxylic acids is 1. The van der Waals surface area contributed by atoms with Gasteiger partial charge in [-0.25, -0.2) is 4.79 Å². The van der Waals surface area contributed by atoms with E-state index in [0.717, 1.165) is 30.9 Å². The lowest BCUT2D eigenvalue weighted by Gasteiger charge is -2.17. The molecule has 5 heteroatoms. The van der Waals surface area contributed by atoms with E-state index in [2.05, 4.69) is 36.0 Å². The zero-order valence-electron chi connectivity index (χ0n) is 14.5. The number of rotatable bonds is 8. The smallest absolute Gasteiger partial charge is 0.335 e. The first-order chi connectivity index (χ1) is 11.4. The van der Waals surface area contributed by atoms with Crippen molar-refractivity contribution in [2.45, 2.75) is 26.8 Å². The van der Waals surface area contributed by atoms with Crippen molar-refractivity contribution in [2.75, 3.05) is 20.2 Å². The summed E-state index contributed by atoms with van der Waals surface area (Å²) in [5, 5.41) is 8.85. The summed E-state index contributed by atoms with van der Waals surface area (Å²) in [6.45, 7) is 6.41. The van der Waals surface area contributed by atoms with E-state index < -0.39 is 5.97 Å². The van der Waals surface area contributed by atoms with Gasteiger partial charge in [-0.2, -0.15) is 0 Å². The Morgan fingerprint density at radius 2 is 1.92 bits per heavy atom. The number of benzene rings is 1. The molecule has 0 saturated carbocycles. The Balaban J connectivity index is 1.72. The average molecular weight is 328 g/mol. The van der Waals surface area contributed by atoms with E-state index in [1.54, 1.807) is 24.3 Å². The van der Waals surface area contributed by atoms with Crippen molar-refractivity contribution in [3.63, 3.8) is 0 Å². The Morgan fingerprint density at radius 3 is 2.54 bits per heavy atom. The molecule has 0 aliphatic rings. The maximum absolute atomic E-state index is 10.8. The lowest BCUT2D eigenvalue weighted by molar-refractivity contribution is 0.0697. The molecule has 2 aromatic rings. The summed E-state index contributed by atoms with van der Waals surface area (Å²) in [6.07, 6.45) is 0.891. The topological polar surface area (TPSA) is 62.7 Å². The summed E-state index contributed by atoms with van der Waals surface area (Å²) >= 11 is 0. The molecule has 0 saturated heterocycles. The van der Waals surface area contributed by atoms with Gasteiger partial charge in [0.05, 0.1) is 17.9 Å². The highest BCUT2D eigenvalue weighted by Crippen LogP contribution is 2.12. The number of hydrogen-bond acceptors (Lipinski definition) is 4. The second-order valence-corrected chi connectivity index (χ2v) is 6.05. The Hall–Kier alpha value is -2.40. The Morgan fingerprint density at radius 1 is 1.21 bits per heavy atom. The summed E-state index contributed by atoms with van der Waals surface area (Å²) < 4.78 is 5.64. The molecule has 1 heterocycles. The van der Waals surface area contributed by atoms with Crippen LogP contribution in [0.3, 0.4) is 0 Å². The summed E-state index contributed by atoms with van der Waals surface area (Å²) in [5.41, 5.74) is 3.63. The number of carbonyl (C=O) groups is 1. The van der Waals surface area contributed by atoms with Gasteiger partial charge in [0.25, 0.3) is 0 Å². The van der Waals surface area contributed by atoms with Crippen molar-refractivity contribution in [1.29, 1.82) is 0 Å². The van der Waals surface area contributed by atoms with E-state index in [4.69, 9.17) is 9.84 Å². The normalized spacial score (nSPS) is 10.8. The van der Waals surface area contributed by atoms with Gasteiger partial charge in [0.2, 0.25) is 0 Å². The molecule has 0 fully saturated rings. The predicted molar refractivity (Wildman–Crippen MR) is 93.6 cm³/mol. The minimum atomic E-state index is -0.928. The van der Waals surface area contributed by atoms with E-state index in [0.29, 0.717) is 12.4 Å². The van der Waals surface area contributed by atoms with Gasteiger partial charge >= 0.3 is 5.97 Å². The van der Waals surface area contributed by atoms with Crippen LogP contribution in [0.15, 0.2) is 36.4 Å². The molecule has 0 atom stereocenters. The van der Waals surface area contributed by atoms with E-state index in [1.165, 1.54) is 5.56 Å². The summed E-state index contributed by atoms with van der Waals surface area (Å²) in [4.78, 5) is 17.6. The molecule has 0 amide bonds. The van der Waals surface area contributed by atoms with Crippen LogP contribution in [0.2, 0.25) is 0 Å². The van der Waals surface area contributed by atoms with Crippen LogP contribution in [0, 0.1) is 13.8 Å². The number of ether oxygens (including phenoxy) is 1. The lowest BCUT2D eigenvalue weighted by atomic mass is 10.2. The van der Waals surface area contributed by atoms with Gasteiger partial charge < -0.3 is 14.7 Å². The zero-order valence-corrected chi connectivity index (χ0v) is 14.5. The van der Waals surface area contributed by atoms with Crippen LogP contribution < -0.4 is 4.74 Å². The number of nitrogens with zero attached hydrogens (tertiary/aromatic N) is 2. The van der Waals surface area contributed by atoms with Crippen LogP contribution in [0.25, 0.3) is 0 Å². The molecule has 2 rings (SSSR count). The van der Waals surface area contributed by atoms with Crippen molar-refractivity contribution in [1.82, 2.24) is 9.88 Å². The molecular formula is C19H24N2O3. The van der Waals surface area contributed by atoms with Crippen LogP contribution in [0.4, 0.5) is 0 Å². The quantitative estimate of drug-likeness (QED) is 0.753. The average Bonchev–Trinajstić information content (AvgIpc) is 2.51. The maximum atomic E-state index is 10.8. The van der Waals surface area contributed by atoms with Gasteiger partial charge in [0, 0.05) is 18.8 Å². The molecule has 0 aliphatic heterocycles. The highest BCUT2D eigenvalue weighted by molar-refractivity contribution is 5.87. The molecular weight excluding hydrogens is 304 g/mol. The van der Waals surface area contributed by atoms with Gasteiger partial charge in [-0.15, -0.1) is 0 Å². The minimum absolute atomic E-state index is 0.267. The van der Waals surface area contributed by atoms with Gasteiger partial charge in [-0.3, -0.25) is 4.98 Å². The first-order valence-electron chi connectivity index (χ1n) is 8.03. The second kappa shape index (κ2) is 8.45. The second-order valence-electron chi connectivity index (χ2n) is 6.05. The fourth-order valence-corrected chi connectivity index (χ4v) is 2.58. The molecule has 0 bridgehead atoms. The fraction of sp³-hybridized carbons (Fsp3) is 0.368. The third-order valence-corrected chi connectivity index (χ3v) is 3.64. The molecule has 0 unspecified atom stereocenters. The van der Waals surface area contributed by atoms with E-state index in [-0.39, 0.29) is 5.56 Å². The van der Waals surface area contributed by atoms with Crippen LogP contribution >= 0.6 is 0 Å². The van der Waals surface area contributed by atoms with Crippen molar-refractivity contribution in [3.05, 3.63) is 58.9 Å². The predicted octanol–water partition coefficient (Wildman–Crippen LogP) is 3.30. The van der Waals surface area contributed by atoms with E-state index in [1.807, 2.05) is 6.92 Å². The highest BCUT2D eigenvalue weighted by Gasteiger charge is 2.04. The molecule has 0 aliphatic carbocycles. The third-order valence-electron chi connectivity index (χ3n) is 3.64. The van der Waals surface area contributed by atoms with Gasteiger partial charge in [0.1, 0.15) is 5.75 Å².